The Kier molecular flexibility index (Phi) is 3.02. The lowest BCUT2D eigenvalue weighted by Gasteiger charge is -2.02. The molecule has 0 radical (unpaired) electrons. The summed E-state index contributed by atoms with van der Waals surface area (Å²) >= 11 is 0. The van der Waals surface area contributed by atoms with E-state index >= 15 is 0 Å². The fourth-order valence-corrected chi connectivity index (χ4v) is 1.37. The number of carbonyl (C=O) groups excluding carboxylic acids is 1. The van der Waals surface area contributed by atoms with Gasteiger partial charge >= 0.3 is 6.29 Å². The van der Waals surface area contributed by atoms with E-state index in [1.807, 2.05) is 30.3 Å². The molecule has 0 aromatic heterocycles. The van der Waals surface area contributed by atoms with E-state index in [4.69, 9.17) is 9.16 Å². The molecule has 0 bridgehead atoms. The smallest absolute Gasteiger partial charge is 0.315 e. The van der Waals surface area contributed by atoms with Crippen molar-refractivity contribution in [1.29, 1.82) is 0 Å². The molecule has 1 heterocycles. The summed E-state index contributed by atoms with van der Waals surface area (Å²) < 4.78 is 10.4. The van der Waals surface area contributed by atoms with Crippen LogP contribution in [-0.2, 0) is 4.74 Å². The highest BCUT2D eigenvalue weighted by Crippen LogP contribution is 2.12. The minimum atomic E-state index is -0.127. The molecule has 0 spiro atoms. The predicted octanol–water partition coefficient (Wildman–Crippen LogP) is 1.03. The molecular weight excluding hydrogens is 192 g/mol. The average Bonchev–Trinajstić information content (AvgIpc) is 2.66. The summed E-state index contributed by atoms with van der Waals surface area (Å²) in [4.78, 5) is 0. The van der Waals surface area contributed by atoms with E-state index in [-0.39, 0.29) is 11.9 Å². The van der Waals surface area contributed by atoms with Gasteiger partial charge in [0.25, 0.3) is 6.61 Å². The van der Waals surface area contributed by atoms with Crippen LogP contribution in [0, 0.1) is 0 Å². The largest absolute Gasteiger partial charge is 0.873 e. The highest BCUT2D eigenvalue weighted by Gasteiger charge is 2.17. The fraction of sp³-hybridized carbons (Fsp3) is 0.250. The molecule has 3 heteroatoms. The van der Waals surface area contributed by atoms with Crippen LogP contribution in [-0.4, -0.2) is 19.0 Å². The first kappa shape index (κ1) is 9.77. The van der Waals surface area contributed by atoms with Crippen molar-refractivity contribution in [2.45, 2.75) is 12.5 Å². The number of hydrogen-bond donors (Lipinski definition) is 0. The highest BCUT2D eigenvalue weighted by molar-refractivity contribution is 5.74. The topological polar surface area (TPSA) is 43.6 Å². The second-order valence-corrected chi connectivity index (χ2v) is 3.41. The van der Waals surface area contributed by atoms with Crippen molar-refractivity contribution < 1.29 is 14.3 Å². The summed E-state index contributed by atoms with van der Waals surface area (Å²) in [6, 6.07) is 9.74. The van der Waals surface area contributed by atoms with E-state index in [1.165, 1.54) is 6.26 Å². The van der Waals surface area contributed by atoms with Gasteiger partial charge in [-0.2, -0.15) is 0 Å². The van der Waals surface area contributed by atoms with Crippen LogP contribution in [0.4, 0.5) is 0 Å². The third-order valence-electron chi connectivity index (χ3n) is 2.12. The maximum Gasteiger partial charge on any atom is 0.315 e. The van der Waals surface area contributed by atoms with Gasteiger partial charge in [-0.25, -0.2) is 0 Å². The average molecular weight is 204 g/mol. The second-order valence-electron chi connectivity index (χ2n) is 3.41. The Labute approximate surface area is 88.3 Å². The van der Waals surface area contributed by atoms with E-state index in [9.17, 15) is 5.11 Å². The Bertz CT molecular complexity index is 368. The van der Waals surface area contributed by atoms with Crippen molar-refractivity contribution in [3.63, 3.8) is 0 Å². The van der Waals surface area contributed by atoms with Crippen molar-refractivity contribution in [3.8, 4) is 0 Å². The zero-order chi connectivity index (χ0) is 10.5. The Balaban J connectivity index is 1.81. The Morgan fingerprint density at radius 3 is 2.87 bits per heavy atom. The van der Waals surface area contributed by atoms with Crippen LogP contribution in [0.2, 0.25) is 0 Å². The quantitative estimate of drug-likeness (QED) is 0.545. The Hall–Kier alpha value is -1.77. The van der Waals surface area contributed by atoms with E-state index in [0.29, 0.717) is 13.0 Å². The van der Waals surface area contributed by atoms with Gasteiger partial charge in [0.1, 0.15) is 0 Å². The van der Waals surface area contributed by atoms with Crippen molar-refractivity contribution in [2.75, 3.05) is 6.61 Å². The van der Waals surface area contributed by atoms with Gasteiger partial charge in [0.15, 0.2) is 6.10 Å². The van der Waals surface area contributed by atoms with E-state index in [1.54, 1.807) is 6.29 Å². The number of hydrogen-bond acceptors (Lipinski definition) is 2. The molecule has 2 rings (SSSR count). The Morgan fingerprint density at radius 1 is 1.40 bits per heavy atom. The third-order valence-corrected chi connectivity index (χ3v) is 2.12. The summed E-state index contributed by atoms with van der Waals surface area (Å²) in [7, 11) is 0. The number of aldehydes is 1. The molecule has 15 heavy (non-hydrogen) atoms. The van der Waals surface area contributed by atoms with Gasteiger partial charge in [0.05, 0.1) is 11.8 Å². The molecule has 1 atom stereocenters. The molecular formula is C12H12O3. The number of benzene rings is 1. The lowest BCUT2D eigenvalue weighted by Crippen LogP contribution is -2.12. The second kappa shape index (κ2) is 4.64. The molecule has 0 saturated carbocycles. The van der Waals surface area contributed by atoms with Gasteiger partial charge in [0.2, 0.25) is 0 Å². The molecule has 0 fully saturated rings. The first-order valence-electron chi connectivity index (χ1n) is 4.86. The molecule has 1 aliphatic rings. The van der Waals surface area contributed by atoms with Gasteiger partial charge in [0, 0.05) is 6.42 Å². The minimum Gasteiger partial charge on any atom is -0.873 e. The van der Waals surface area contributed by atoms with Gasteiger partial charge in [-0.1, -0.05) is 24.0 Å². The van der Waals surface area contributed by atoms with Crippen LogP contribution in [0.15, 0.2) is 42.4 Å². The normalized spacial score (nSPS) is 20.3. The highest BCUT2D eigenvalue weighted by atomic mass is 16.5. The fourth-order valence-electron chi connectivity index (χ4n) is 1.37. The molecule has 3 nitrogen and oxygen atoms in total. The van der Waals surface area contributed by atoms with Crippen molar-refractivity contribution in [1.82, 2.24) is 0 Å². The van der Waals surface area contributed by atoms with Crippen molar-refractivity contribution in [2.24, 2.45) is 0 Å². The number of ether oxygens (including phenoxy) is 1. The molecule has 0 N–H and O–H groups in total. The molecule has 0 amide bonds. The maximum absolute atomic E-state index is 10.8. The SMILES string of the molecule is [O-]C1=CO[C@H](C[O+]=Cc2ccccc2)C1. The van der Waals surface area contributed by atoms with Crippen molar-refractivity contribution >= 4 is 6.29 Å². The van der Waals surface area contributed by atoms with Gasteiger partial charge < -0.3 is 9.84 Å². The van der Waals surface area contributed by atoms with Gasteiger partial charge in [-0.05, 0) is 12.1 Å². The minimum absolute atomic E-state index is 0.0308. The molecule has 0 aliphatic carbocycles. The lowest BCUT2D eigenvalue weighted by atomic mass is 10.2. The monoisotopic (exact) mass is 204 g/mol. The van der Waals surface area contributed by atoms with E-state index in [2.05, 4.69) is 0 Å². The first-order chi connectivity index (χ1) is 7.34. The Morgan fingerprint density at radius 2 is 2.20 bits per heavy atom. The van der Waals surface area contributed by atoms with E-state index in [0.717, 1.165) is 5.56 Å². The standard InChI is InChI=1S/C12H12O3/c13-11-6-12(15-8-11)9-14-7-10-4-2-1-3-5-10/h1-5,7-8,12H,6,9H2/t12-/m0/s1. The van der Waals surface area contributed by atoms with Crippen LogP contribution < -0.4 is 5.11 Å². The van der Waals surface area contributed by atoms with E-state index < -0.39 is 0 Å². The summed E-state index contributed by atoms with van der Waals surface area (Å²) in [6.07, 6.45) is 3.23. The van der Waals surface area contributed by atoms with Crippen LogP contribution in [0.5, 0.6) is 0 Å². The van der Waals surface area contributed by atoms with Crippen LogP contribution in [0.1, 0.15) is 16.4 Å². The maximum atomic E-state index is 10.8. The van der Waals surface area contributed by atoms with Gasteiger partial charge in [-0.3, -0.25) is 4.42 Å². The lowest BCUT2D eigenvalue weighted by molar-refractivity contribution is -0.310. The summed E-state index contributed by atoms with van der Waals surface area (Å²) in [6.45, 7) is 0.414. The zero-order valence-corrected chi connectivity index (χ0v) is 8.26. The molecule has 1 aromatic carbocycles. The molecule has 0 unspecified atom stereocenters. The van der Waals surface area contributed by atoms with Crippen LogP contribution in [0.25, 0.3) is 0 Å². The summed E-state index contributed by atoms with van der Waals surface area (Å²) in [5, 5.41) is 10.8. The number of rotatable bonds is 3. The summed E-state index contributed by atoms with van der Waals surface area (Å²) in [5.74, 6) is 0.0308. The first-order valence-corrected chi connectivity index (χ1v) is 4.86. The molecule has 0 saturated heterocycles. The summed E-state index contributed by atoms with van der Waals surface area (Å²) in [5.41, 5.74) is 1.01. The van der Waals surface area contributed by atoms with Gasteiger partial charge in [-0.15, -0.1) is 0 Å². The molecule has 78 valence electrons. The molecule has 1 aliphatic heterocycles. The van der Waals surface area contributed by atoms with Crippen LogP contribution >= 0.6 is 0 Å². The molecule has 1 aromatic rings. The van der Waals surface area contributed by atoms with Crippen LogP contribution in [0.3, 0.4) is 0 Å². The predicted molar refractivity (Wildman–Crippen MR) is 54.3 cm³/mol. The zero-order valence-electron chi connectivity index (χ0n) is 8.26. The van der Waals surface area contributed by atoms with Crippen molar-refractivity contribution in [3.05, 3.63) is 47.9 Å². The third kappa shape index (κ3) is 2.84.